The van der Waals surface area contributed by atoms with Gasteiger partial charge in [-0.05, 0) is 29.8 Å². The van der Waals surface area contributed by atoms with E-state index in [2.05, 4.69) is 4.74 Å². The van der Waals surface area contributed by atoms with Gasteiger partial charge in [-0.2, -0.15) is 0 Å². The Hall–Kier alpha value is -1.94. The van der Waals surface area contributed by atoms with Crippen molar-refractivity contribution in [3.63, 3.8) is 0 Å². The predicted octanol–water partition coefficient (Wildman–Crippen LogP) is 5.91. The molecule has 0 amide bonds. The highest BCUT2D eigenvalue weighted by molar-refractivity contribution is 8.45. The number of benzene rings is 2. The number of ether oxygens (including phenoxy) is 1. The number of halogens is 7. The molecule has 0 fully saturated rings. The van der Waals surface area contributed by atoms with Gasteiger partial charge in [0.05, 0.1) is 6.61 Å². The van der Waals surface area contributed by atoms with Crippen LogP contribution in [0.15, 0.2) is 41.3 Å². The van der Waals surface area contributed by atoms with Gasteiger partial charge in [0.2, 0.25) is 0 Å². The highest BCUT2D eigenvalue weighted by Gasteiger charge is 2.65. The summed E-state index contributed by atoms with van der Waals surface area (Å²) in [4.78, 5) is -2.24. The smallest absolute Gasteiger partial charge is 0.310 e. The molecular formula is C13H9F7O2S. The van der Waals surface area contributed by atoms with Crippen molar-refractivity contribution in [3.05, 3.63) is 53.6 Å². The fourth-order valence-electron chi connectivity index (χ4n) is 1.70. The quantitative estimate of drug-likeness (QED) is 0.686. The highest BCUT2D eigenvalue weighted by Crippen LogP contribution is 3.02. The summed E-state index contributed by atoms with van der Waals surface area (Å²) in [6.07, 6.45) is 0. The van der Waals surface area contributed by atoms with Gasteiger partial charge < -0.3 is 9.84 Å². The summed E-state index contributed by atoms with van der Waals surface area (Å²) in [6, 6.07) is 2.96. The maximum Gasteiger partial charge on any atom is 0.310 e. The van der Waals surface area contributed by atoms with E-state index in [1.165, 1.54) is 0 Å². The highest BCUT2D eigenvalue weighted by atomic mass is 32.5. The van der Waals surface area contributed by atoms with Crippen molar-refractivity contribution in [3.8, 4) is 11.5 Å². The fourth-order valence-corrected chi connectivity index (χ4v) is 2.37. The molecule has 0 radical (unpaired) electrons. The number of hydrogen-bond acceptors (Lipinski definition) is 2. The number of hydrogen-bond donors (Lipinski definition) is 1. The monoisotopic (exact) mass is 362 g/mol. The molecule has 2 nitrogen and oxygen atoms in total. The third-order valence-electron chi connectivity index (χ3n) is 2.71. The summed E-state index contributed by atoms with van der Waals surface area (Å²) < 4.78 is 95.3. The van der Waals surface area contributed by atoms with Crippen LogP contribution >= 0.6 is 10.2 Å². The normalized spacial score (nSPS) is 15.0. The van der Waals surface area contributed by atoms with Crippen molar-refractivity contribution < 1.29 is 38.1 Å². The van der Waals surface area contributed by atoms with Crippen molar-refractivity contribution >= 4 is 10.2 Å². The largest absolute Gasteiger partial charge is 0.451 e. The number of aliphatic hydroxyl groups excluding tert-OH is 1. The topological polar surface area (TPSA) is 29.5 Å². The Morgan fingerprint density at radius 2 is 1.48 bits per heavy atom. The Bertz CT molecular complexity index is 736. The van der Waals surface area contributed by atoms with Gasteiger partial charge in [-0.25, -0.2) is 8.78 Å². The van der Waals surface area contributed by atoms with Crippen molar-refractivity contribution in [1.29, 1.82) is 0 Å². The molecule has 0 spiro atoms. The van der Waals surface area contributed by atoms with E-state index in [0.29, 0.717) is 18.2 Å². The van der Waals surface area contributed by atoms with Crippen LogP contribution < -0.4 is 4.74 Å². The summed E-state index contributed by atoms with van der Waals surface area (Å²) in [5.74, 6) is -4.48. The van der Waals surface area contributed by atoms with Gasteiger partial charge in [0.1, 0.15) is 10.6 Å². The second kappa shape index (κ2) is 4.78. The van der Waals surface area contributed by atoms with Crippen LogP contribution in [0.4, 0.5) is 28.2 Å². The van der Waals surface area contributed by atoms with Crippen LogP contribution in [0.3, 0.4) is 0 Å². The van der Waals surface area contributed by atoms with E-state index in [4.69, 9.17) is 5.11 Å². The van der Waals surface area contributed by atoms with E-state index >= 15 is 0 Å². The van der Waals surface area contributed by atoms with Crippen molar-refractivity contribution in [2.45, 2.75) is 11.5 Å². The summed E-state index contributed by atoms with van der Waals surface area (Å²) >= 11 is 0. The van der Waals surface area contributed by atoms with Crippen molar-refractivity contribution in [1.82, 2.24) is 0 Å². The van der Waals surface area contributed by atoms with Crippen LogP contribution in [0.5, 0.6) is 11.5 Å². The lowest BCUT2D eigenvalue weighted by Gasteiger charge is -2.40. The standard InChI is InChI=1S/C13H9F7O2S/c14-11-4-8(7-21)5-12(15)13(11)22-9-2-1-3-10(6-9)23(16,17,18,19)20/h1-6,21H,7H2. The van der Waals surface area contributed by atoms with Crippen LogP contribution in [0.2, 0.25) is 0 Å². The molecule has 2 aromatic carbocycles. The fraction of sp³-hybridized carbons (Fsp3) is 0.0769. The molecule has 0 heterocycles. The molecule has 0 bridgehead atoms. The Morgan fingerprint density at radius 3 is 1.96 bits per heavy atom. The van der Waals surface area contributed by atoms with Crippen LogP contribution in [-0.4, -0.2) is 5.11 Å². The molecule has 2 aromatic rings. The van der Waals surface area contributed by atoms with Gasteiger partial charge in [-0.15, -0.1) is 0 Å². The SMILES string of the molecule is OCc1cc(F)c(Oc2cccc(S(F)(F)(F)(F)F)c2)c(F)c1. The van der Waals surface area contributed by atoms with Crippen LogP contribution in [0.25, 0.3) is 0 Å². The van der Waals surface area contributed by atoms with Gasteiger partial charge in [0.15, 0.2) is 17.4 Å². The lowest BCUT2D eigenvalue weighted by molar-refractivity contribution is 0.279. The number of rotatable bonds is 4. The zero-order chi connectivity index (χ0) is 17.5. The third-order valence-corrected chi connectivity index (χ3v) is 3.86. The lowest BCUT2D eigenvalue weighted by atomic mass is 10.2. The molecule has 0 saturated heterocycles. The first kappa shape index (κ1) is 17.4. The summed E-state index contributed by atoms with van der Waals surface area (Å²) in [5.41, 5.74) is -0.131. The molecule has 10 heteroatoms. The summed E-state index contributed by atoms with van der Waals surface area (Å²) in [7, 11) is -9.93. The van der Waals surface area contributed by atoms with Crippen molar-refractivity contribution in [2.75, 3.05) is 0 Å². The predicted molar refractivity (Wildman–Crippen MR) is 70.2 cm³/mol. The molecule has 23 heavy (non-hydrogen) atoms. The van der Waals surface area contributed by atoms with E-state index in [9.17, 15) is 28.2 Å². The minimum atomic E-state index is -9.93. The summed E-state index contributed by atoms with van der Waals surface area (Å²) in [6.45, 7) is -0.673. The number of aliphatic hydroxyl groups is 1. The third kappa shape index (κ3) is 4.08. The van der Waals surface area contributed by atoms with Crippen LogP contribution in [0.1, 0.15) is 5.56 Å². The minimum Gasteiger partial charge on any atom is -0.451 e. The van der Waals surface area contributed by atoms with E-state index in [1.54, 1.807) is 0 Å². The second-order valence-corrected chi connectivity index (χ2v) is 7.00. The first-order chi connectivity index (χ1) is 10.3. The molecule has 0 aliphatic carbocycles. The van der Waals surface area contributed by atoms with Gasteiger partial charge in [-0.3, -0.25) is 0 Å². The maximum absolute atomic E-state index is 13.6. The van der Waals surface area contributed by atoms with E-state index in [-0.39, 0.29) is 17.7 Å². The molecule has 0 aliphatic heterocycles. The molecule has 0 aliphatic rings. The maximum atomic E-state index is 13.6. The Morgan fingerprint density at radius 1 is 0.913 bits per heavy atom. The second-order valence-electron chi connectivity index (χ2n) is 4.59. The Kier molecular flexibility index (Phi) is 3.62. The average molecular weight is 362 g/mol. The average Bonchev–Trinajstić information content (AvgIpc) is 2.40. The first-order valence-electron chi connectivity index (χ1n) is 5.91. The molecule has 0 atom stereocenters. The zero-order valence-electron chi connectivity index (χ0n) is 11.1. The van der Waals surface area contributed by atoms with E-state index in [0.717, 1.165) is 6.07 Å². The molecule has 1 N–H and O–H groups in total. The van der Waals surface area contributed by atoms with Crippen molar-refractivity contribution in [2.24, 2.45) is 0 Å². The Labute approximate surface area is 125 Å². The zero-order valence-corrected chi connectivity index (χ0v) is 11.9. The van der Waals surface area contributed by atoms with Crippen LogP contribution in [-0.2, 0) is 6.61 Å². The van der Waals surface area contributed by atoms with Gasteiger partial charge in [0, 0.05) is 6.07 Å². The summed E-state index contributed by atoms with van der Waals surface area (Å²) in [5, 5.41) is 8.77. The van der Waals surface area contributed by atoms with Gasteiger partial charge in [-0.1, -0.05) is 25.5 Å². The molecular weight excluding hydrogens is 353 g/mol. The molecule has 0 saturated carbocycles. The molecule has 128 valence electrons. The van der Waals surface area contributed by atoms with E-state index in [1.807, 2.05) is 0 Å². The molecule has 2 rings (SSSR count). The van der Waals surface area contributed by atoms with Gasteiger partial charge >= 0.3 is 10.2 Å². The minimum absolute atomic E-state index is 0.0413. The molecule has 0 aromatic heterocycles. The van der Waals surface area contributed by atoms with Crippen LogP contribution in [0, 0.1) is 11.6 Å². The van der Waals surface area contributed by atoms with E-state index < -0.39 is 44.9 Å². The first-order valence-corrected chi connectivity index (χ1v) is 7.86. The lowest BCUT2D eigenvalue weighted by Crippen LogP contribution is -2.06. The van der Waals surface area contributed by atoms with Gasteiger partial charge in [0.25, 0.3) is 0 Å². The Balaban J connectivity index is 2.44. The molecule has 0 unspecified atom stereocenters.